The monoisotopic (exact) mass is 378 g/mol. The van der Waals surface area contributed by atoms with Crippen molar-refractivity contribution in [3.8, 4) is 22.4 Å². The number of para-hydroxylation sites is 1. The van der Waals surface area contributed by atoms with Crippen LogP contribution in [-0.4, -0.2) is 9.97 Å². The van der Waals surface area contributed by atoms with E-state index >= 15 is 0 Å². The van der Waals surface area contributed by atoms with Crippen LogP contribution in [0, 0.1) is 6.92 Å². The third-order valence-electron chi connectivity index (χ3n) is 5.43. The molecule has 29 heavy (non-hydrogen) atoms. The molecule has 3 aromatic heterocycles. The van der Waals surface area contributed by atoms with Crippen LogP contribution in [0.15, 0.2) is 77.3 Å². The van der Waals surface area contributed by atoms with Gasteiger partial charge in [-0.3, -0.25) is 4.98 Å². The number of rotatable bonds is 3. The minimum absolute atomic E-state index is 0.505. The van der Waals surface area contributed by atoms with Crippen molar-refractivity contribution in [3.63, 3.8) is 0 Å². The van der Waals surface area contributed by atoms with E-state index in [9.17, 15) is 0 Å². The first-order chi connectivity index (χ1) is 14.1. The van der Waals surface area contributed by atoms with Crippen molar-refractivity contribution in [2.75, 3.05) is 0 Å². The van der Waals surface area contributed by atoms with Crippen molar-refractivity contribution < 1.29 is 4.42 Å². The van der Waals surface area contributed by atoms with E-state index in [1.54, 1.807) is 0 Å². The number of benzene rings is 2. The number of furan rings is 1. The molecule has 3 nitrogen and oxygen atoms in total. The number of nitrogens with zero attached hydrogens (tertiary/aromatic N) is 2. The highest BCUT2D eigenvalue weighted by molar-refractivity contribution is 6.08. The van der Waals surface area contributed by atoms with E-state index in [0.29, 0.717) is 11.6 Å². The summed E-state index contributed by atoms with van der Waals surface area (Å²) in [4.78, 5) is 9.29. The molecule has 0 aliphatic rings. The van der Waals surface area contributed by atoms with Crippen LogP contribution in [0.25, 0.3) is 44.5 Å². The van der Waals surface area contributed by atoms with E-state index in [1.807, 2.05) is 25.3 Å². The van der Waals surface area contributed by atoms with E-state index < -0.39 is 0 Å². The Balaban J connectivity index is 1.59. The van der Waals surface area contributed by atoms with Crippen molar-refractivity contribution in [1.82, 2.24) is 9.97 Å². The van der Waals surface area contributed by atoms with Gasteiger partial charge in [-0.2, -0.15) is 0 Å². The zero-order chi connectivity index (χ0) is 20.0. The molecule has 0 N–H and O–H groups in total. The summed E-state index contributed by atoms with van der Waals surface area (Å²) >= 11 is 0. The molecule has 0 aliphatic heterocycles. The quantitative estimate of drug-likeness (QED) is 0.335. The minimum atomic E-state index is 0.505. The Morgan fingerprint density at radius 2 is 1.69 bits per heavy atom. The maximum absolute atomic E-state index is 6.12. The summed E-state index contributed by atoms with van der Waals surface area (Å²) in [5.74, 6) is 0.505. The highest BCUT2D eigenvalue weighted by atomic mass is 16.3. The number of aryl methyl sites for hydroxylation is 1. The third kappa shape index (κ3) is 3.09. The lowest BCUT2D eigenvalue weighted by Crippen LogP contribution is -1.89. The normalized spacial score (nSPS) is 11.6. The molecule has 0 amide bonds. The first-order valence-electron chi connectivity index (χ1n) is 9.96. The van der Waals surface area contributed by atoms with Gasteiger partial charge in [0.1, 0.15) is 5.58 Å². The fourth-order valence-electron chi connectivity index (χ4n) is 3.77. The van der Waals surface area contributed by atoms with Gasteiger partial charge in [0, 0.05) is 33.8 Å². The SMILES string of the molecule is Cc1ccc2c(n1)oc1c(-c3ccc(-c4cccc(C(C)C)c4)cn3)cccc12. The second-order valence-electron chi connectivity index (χ2n) is 7.80. The Morgan fingerprint density at radius 1 is 0.828 bits per heavy atom. The summed E-state index contributed by atoms with van der Waals surface area (Å²) in [5.41, 5.74) is 7.99. The van der Waals surface area contributed by atoms with E-state index in [1.165, 1.54) is 11.1 Å². The fraction of sp³-hybridized carbons (Fsp3) is 0.154. The lowest BCUT2D eigenvalue weighted by Gasteiger charge is -2.09. The van der Waals surface area contributed by atoms with E-state index in [4.69, 9.17) is 9.40 Å². The maximum atomic E-state index is 6.12. The van der Waals surface area contributed by atoms with Crippen LogP contribution in [0.2, 0.25) is 0 Å². The van der Waals surface area contributed by atoms with Crippen LogP contribution >= 0.6 is 0 Å². The molecular formula is C26H22N2O. The summed E-state index contributed by atoms with van der Waals surface area (Å²) in [6.45, 7) is 6.40. The molecule has 0 aliphatic carbocycles. The van der Waals surface area contributed by atoms with Crippen LogP contribution in [0.5, 0.6) is 0 Å². The fourth-order valence-corrected chi connectivity index (χ4v) is 3.77. The molecule has 0 saturated carbocycles. The molecule has 3 heteroatoms. The molecule has 5 aromatic rings. The molecule has 0 atom stereocenters. The Bertz CT molecular complexity index is 1330. The van der Waals surface area contributed by atoms with Crippen molar-refractivity contribution in [3.05, 3.63) is 84.2 Å². The second-order valence-corrected chi connectivity index (χ2v) is 7.80. The Labute approximate surface area is 170 Å². The lowest BCUT2D eigenvalue weighted by atomic mass is 9.98. The number of aromatic nitrogens is 2. The van der Waals surface area contributed by atoms with Crippen molar-refractivity contribution >= 4 is 22.1 Å². The summed E-state index contributed by atoms with van der Waals surface area (Å²) < 4.78 is 6.12. The summed E-state index contributed by atoms with van der Waals surface area (Å²) in [6, 6.07) is 23.1. The first-order valence-corrected chi connectivity index (χ1v) is 9.96. The minimum Gasteiger partial charge on any atom is -0.437 e. The molecule has 3 heterocycles. The van der Waals surface area contributed by atoms with Gasteiger partial charge in [-0.1, -0.05) is 56.3 Å². The van der Waals surface area contributed by atoms with E-state index in [2.05, 4.69) is 73.4 Å². The highest BCUT2D eigenvalue weighted by Gasteiger charge is 2.14. The maximum Gasteiger partial charge on any atom is 0.227 e. The Morgan fingerprint density at radius 3 is 2.48 bits per heavy atom. The zero-order valence-corrected chi connectivity index (χ0v) is 16.8. The molecule has 2 aromatic carbocycles. The van der Waals surface area contributed by atoms with Crippen LogP contribution in [0.4, 0.5) is 0 Å². The van der Waals surface area contributed by atoms with Gasteiger partial charge in [0.15, 0.2) is 0 Å². The van der Waals surface area contributed by atoms with Gasteiger partial charge in [-0.15, -0.1) is 0 Å². The van der Waals surface area contributed by atoms with E-state index in [-0.39, 0.29) is 0 Å². The average molecular weight is 378 g/mol. The smallest absolute Gasteiger partial charge is 0.227 e. The highest BCUT2D eigenvalue weighted by Crippen LogP contribution is 2.35. The van der Waals surface area contributed by atoms with E-state index in [0.717, 1.165) is 38.9 Å². The van der Waals surface area contributed by atoms with Crippen molar-refractivity contribution in [2.45, 2.75) is 26.7 Å². The number of hydrogen-bond acceptors (Lipinski definition) is 3. The van der Waals surface area contributed by atoms with Gasteiger partial charge in [0.2, 0.25) is 5.71 Å². The Hall–Kier alpha value is -3.46. The van der Waals surface area contributed by atoms with Gasteiger partial charge < -0.3 is 4.42 Å². The summed E-state index contributed by atoms with van der Waals surface area (Å²) in [5, 5.41) is 2.11. The Kier molecular flexibility index (Phi) is 4.17. The van der Waals surface area contributed by atoms with Crippen LogP contribution in [0.1, 0.15) is 31.0 Å². The van der Waals surface area contributed by atoms with Gasteiger partial charge in [-0.25, -0.2) is 4.98 Å². The molecule has 142 valence electrons. The second kappa shape index (κ2) is 6.85. The van der Waals surface area contributed by atoms with Crippen LogP contribution < -0.4 is 0 Å². The molecule has 0 bridgehead atoms. The number of fused-ring (bicyclic) bond motifs is 3. The third-order valence-corrected chi connectivity index (χ3v) is 5.43. The molecule has 0 fully saturated rings. The average Bonchev–Trinajstić information content (AvgIpc) is 3.11. The first kappa shape index (κ1) is 17.6. The molecule has 0 saturated heterocycles. The van der Waals surface area contributed by atoms with Crippen LogP contribution in [-0.2, 0) is 0 Å². The van der Waals surface area contributed by atoms with Crippen molar-refractivity contribution in [1.29, 1.82) is 0 Å². The topological polar surface area (TPSA) is 38.9 Å². The van der Waals surface area contributed by atoms with Gasteiger partial charge >= 0.3 is 0 Å². The predicted molar refractivity (Wildman–Crippen MR) is 119 cm³/mol. The van der Waals surface area contributed by atoms with Gasteiger partial charge in [0.25, 0.3) is 0 Å². The standard InChI is InChI=1S/C26H22N2O/c1-16(2)18-6-4-7-19(14-18)20-11-13-24(27-15-20)23-9-5-8-21-22-12-10-17(3)28-26(22)29-25(21)23/h4-16H,1-3H3. The number of hydrogen-bond donors (Lipinski definition) is 0. The summed E-state index contributed by atoms with van der Waals surface area (Å²) in [7, 11) is 0. The largest absolute Gasteiger partial charge is 0.437 e. The predicted octanol–water partition coefficient (Wildman–Crippen LogP) is 7.14. The molecule has 0 spiro atoms. The molecular weight excluding hydrogens is 356 g/mol. The zero-order valence-electron chi connectivity index (χ0n) is 16.8. The lowest BCUT2D eigenvalue weighted by molar-refractivity contribution is 0.653. The van der Waals surface area contributed by atoms with Gasteiger partial charge in [-0.05, 0) is 48.2 Å². The molecule has 0 unspecified atom stereocenters. The van der Waals surface area contributed by atoms with Crippen LogP contribution in [0.3, 0.4) is 0 Å². The number of pyridine rings is 2. The van der Waals surface area contributed by atoms with Crippen molar-refractivity contribution in [2.24, 2.45) is 0 Å². The summed E-state index contributed by atoms with van der Waals surface area (Å²) in [6.07, 6.45) is 1.94. The molecule has 0 radical (unpaired) electrons. The molecule has 5 rings (SSSR count). The van der Waals surface area contributed by atoms with Gasteiger partial charge in [0.05, 0.1) is 5.69 Å².